The highest BCUT2D eigenvalue weighted by Gasteiger charge is 2.27. The van der Waals surface area contributed by atoms with Crippen LogP contribution in [0.15, 0.2) is 48.5 Å². The van der Waals surface area contributed by atoms with Crippen LogP contribution in [-0.4, -0.2) is 32.9 Å². The second-order valence-corrected chi connectivity index (χ2v) is 11.5. The van der Waals surface area contributed by atoms with Gasteiger partial charge in [0.1, 0.15) is 22.9 Å². The van der Waals surface area contributed by atoms with Gasteiger partial charge >= 0.3 is 5.97 Å². The number of fused-ring (bicyclic) bond motifs is 2. The summed E-state index contributed by atoms with van der Waals surface area (Å²) in [6.45, 7) is 9.92. The third-order valence-corrected chi connectivity index (χ3v) is 7.34. The van der Waals surface area contributed by atoms with E-state index in [1.54, 1.807) is 6.07 Å². The topological polar surface area (TPSA) is 69.1 Å². The van der Waals surface area contributed by atoms with Crippen molar-refractivity contribution in [1.29, 1.82) is 0 Å². The fourth-order valence-corrected chi connectivity index (χ4v) is 5.47. The monoisotopic (exact) mass is 561 g/mol. The largest absolute Gasteiger partial charge is 0.493 e. The van der Waals surface area contributed by atoms with E-state index in [9.17, 15) is 9.18 Å². The Hall–Kier alpha value is -3.84. The van der Waals surface area contributed by atoms with Gasteiger partial charge < -0.3 is 14.5 Å². The molecule has 0 spiro atoms. The lowest BCUT2D eigenvalue weighted by atomic mass is 9.98. The Bertz CT molecular complexity index is 1750. The highest BCUT2D eigenvalue weighted by molar-refractivity contribution is 6.35. The van der Waals surface area contributed by atoms with Crippen LogP contribution in [0.25, 0.3) is 32.8 Å². The SMILES string of the molecule is Cc1nn(C)c(C)c1-c1c(Cl)ccc2c(CCCOc3cccc4cc(F)ccc34)c(C(=O)OC(C)(C)C)[nH]c12. The second kappa shape index (κ2) is 10.6. The van der Waals surface area contributed by atoms with Crippen LogP contribution in [0.4, 0.5) is 4.39 Å². The maximum absolute atomic E-state index is 13.7. The predicted octanol–water partition coefficient (Wildman–Crippen LogP) is 8.10. The zero-order valence-electron chi connectivity index (χ0n) is 23.6. The van der Waals surface area contributed by atoms with Gasteiger partial charge in [-0.15, -0.1) is 0 Å². The Morgan fingerprint density at radius 1 is 1.07 bits per heavy atom. The van der Waals surface area contributed by atoms with Crippen molar-refractivity contribution in [3.63, 3.8) is 0 Å². The Labute approximate surface area is 238 Å². The van der Waals surface area contributed by atoms with Gasteiger partial charge in [0.2, 0.25) is 0 Å². The van der Waals surface area contributed by atoms with Crippen molar-refractivity contribution in [2.45, 2.75) is 53.1 Å². The molecule has 0 unspecified atom stereocenters. The van der Waals surface area contributed by atoms with E-state index in [1.165, 1.54) is 12.1 Å². The molecular weight excluding hydrogens is 529 g/mol. The first-order chi connectivity index (χ1) is 18.9. The predicted molar refractivity (Wildman–Crippen MR) is 158 cm³/mol. The number of carbonyl (C=O) groups excluding carboxylic acids is 1. The minimum Gasteiger partial charge on any atom is -0.493 e. The maximum atomic E-state index is 13.7. The number of esters is 1. The summed E-state index contributed by atoms with van der Waals surface area (Å²) in [4.78, 5) is 16.8. The molecule has 0 saturated carbocycles. The van der Waals surface area contributed by atoms with Gasteiger partial charge in [-0.3, -0.25) is 4.68 Å². The fraction of sp³-hybridized carbons (Fsp3) is 0.312. The number of nitrogens with one attached hydrogen (secondary N) is 1. The number of hydrogen-bond donors (Lipinski definition) is 1. The van der Waals surface area contributed by atoms with Crippen LogP contribution in [0.1, 0.15) is 54.6 Å². The standard InChI is InChI=1S/C32H33ClFN3O3/c1-18-27(19(2)37(6)36-18)28-25(33)15-14-24-23(30(35-29(24)28)31(38)40-32(3,4)5)10-8-16-39-26-11-7-9-20-17-21(34)12-13-22(20)26/h7,9,11-15,17,35H,8,10,16H2,1-6H3. The summed E-state index contributed by atoms with van der Waals surface area (Å²) in [7, 11) is 1.90. The number of rotatable bonds is 7. The second-order valence-electron chi connectivity index (χ2n) is 11.1. The molecule has 0 amide bonds. The highest BCUT2D eigenvalue weighted by atomic mass is 35.5. The third-order valence-electron chi connectivity index (χ3n) is 7.02. The van der Waals surface area contributed by atoms with Crippen molar-refractivity contribution in [2.24, 2.45) is 7.05 Å². The van der Waals surface area contributed by atoms with E-state index in [1.807, 2.05) is 76.7 Å². The fourth-order valence-electron chi connectivity index (χ4n) is 5.22. The minimum atomic E-state index is -0.653. The molecule has 0 fully saturated rings. The van der Waals surface area contributed by atoms with E-state index in [2.05, 4.69) is 10.1 Å². The number of nitrogens with zero attached hydrogens (tertiary/aromatic N) is 2. The molecule has 6 nitrogen and oxygen atoms in total. The number of halogens is 2. The number of carbonyl (C=O) groups is 1. The van der Waals surface area contributed by atoms with E-state index >= 15 is 0 Å². The molecule has 0 bridgehead atoms. The van der Waals surface area contributed by atoms with E-state index < -0.39 is 11.6 Å². The summed E-state index contributed by atoms with van der Waals surface area (Å²) < 4.78 is 27.4. The summed E-state index contributed by atoms with van der Waals surface area (Å²) in [5.41, 5.74) is 4.98. The zero-order chi connectivity index (χ0) is 28.8. The molecule has 40 heavy (non-hydrogen) atoms. The lowest BCUT2D eigenvalue weighted by Crippen LogP contribution is -2.24. The van der Waals surface area contributed by atoms with Crippen LogP contribution in [0, 0.1) is 19.7 Å². The first-order valence-corrected chi connectivity index (χ1v) is 13.7. The van der Waals surface area contributed by atoms with Crippen molar-refractivity contribution in [2.75, 3.05) is 6.61 Å². The Balaban J connectivity index is 1.51. The van der Waals surface area contributed by atoms with Crippen LogP contribution in [0.2, 0.25) is 5.02 Å². The van der Waals surface area contributed by atoms with Gasteiger partial charge in [0.05, 0.1) is 22.8 Å². The number of benzene rings is 3. The van der Waals surface area contributed by atoms with Gasteiger partial charge in [0.15, 0.2) is 0 Å². The average Bonchev–Trinajstić information content (AvgIpc) is 3.37. The quantitative estimate of drug-likeness (QED) is 0.161. The van der Waals surface area contributed by atoms with Gasteiger partial charge in [0.25, 0.3) is 0 Å². The Morgan fingerprint density at radius 2 is 1.82 bits per heavy atom. The molecule has 0 radical (unpaired) electrons. The summed E-state index contributed by atoms with van der Waals surface area (Å²) in [5, 5.41) is 7.70. The zero-order valence-corrected chi connectivity index (χ0v) is 24.4. The molecule has 2 heterocycles. The van der Waals surface area contributed by atoms with Gasteiger partial charge in [0, 0.05) is 34.6 Å². The van der Waals surface area contributed by atoms with Gasteiger partial charge in [-0.1, -0.05) is 29.8 Å². The average molecular weight is 562 g/mol. The lowest BCUT2D eigenvalue weighted by molar-refractivity contribution is 0.00625. The normalized spacial score (nSPS) is 11.9. The van der Waals surface area contributed by atoms with Crippen molar-refractivity contribution in [3.05, 3.63) is 82.0 Å². The van der Waals surface area contributed by atoms with Crippen molar-refractivity contribution in [1.82, 2.24) is 14.8 Å². The van der Waals surface area contributed by atoms with E-state index in [4.69, 9.17) is 21.1 Å². The highest BCUT2D eigenvalue weighted by Crippen LogP contribution is 2.40. The lowest BCUT2D eigenvalue weighted by Gasteiger charge is -2.19. The molecule has 0 aliphatic rings. The third kappa shape index (κ3) is 5.30. The summed E-state index contributed by atoms with van der Waals surface area (Å²) in [6, 6.07) is 14.1. The number of aryl methyl sites for hydroxylation is 3. The molecule has 0 aliphatic heterocycles. The van der Waals surface area contributed by atoms with Crippen LogP contribution < -0.4 is 4.74 Å². The van der Waals surface area contributed by atoms with Crippen LogP contribution in [0.3, 0.4) is 0 Å². The molecule has 0 atom stereocenters. The number of aromatic amines is 1. The molecule has 0 saturated heterocycles. The molecule has 208 valence electrons. The van der Waals surface area contributed by atoms with Gasteiger partial charge in [-0.2, -0.15) is 5.10 Å². The number of aromatic nitrogens is 3. The van der Waals surface area contributed by atoms with Crippen molar-refractivity contribution < 1.29 is 18.7 Å². The van der Waals surface area contributed by atoms with Crippen molar-refractivity contribution in [3.8, 4) is 16.9 Å². The summed E-state index contributed by atoms with van der Waals surface area (Å²) in [5.74, 6) is -0.00686. The van der Waals surface area contributed by atoms with Gasteiger partial charge in [-0.05, 0) is 88.7 Å². The number of hydrogen-bond acceptors (Lipinski definition) is 4. The van der Waals surface area contributed by atoms with Crippen LogP contribution >= 0.6 is 11.6 Å². The van der Waals surface area contributed by atoms with E-state index in [-0.39, 0.29) is 5.82 Å². The molecular formula is C32H33ClFN3O3. The molecule has 1 N–H and O–H groups in total. The Kier molecular flexibility index (Phi) is 7.36. The molecule has 2 aromatic heterocycles. The minimum absolute atomic E-state index is 0.283. The van der Waals surface area contributed by atoms with E-state index in [0.29, 0.717) is 35.9 Å². The molecule has 5 rings (SSSR count). The number of H-pyrrole nitrogens is 1. The van der Waals surface area contributed by atoms with Crippen LogP contribution in [-0.2, 0) is 18.2 Å². The summed E-state index contributed by atoms with van der Waals surface area (Å²) in [6.07, 6.45) is 1.21. The van der Waals surface area contributed by atoms with Gasteiger partial charge in [-0.25, -0.2) is 9.18 Å². The molecule has 8 heteroatoms. The first kappa shape index (κ1) is 27.7. The first-order valence-electron chi connectivity index (χ1n) is 13.3. The van der Waals surface area contributed by atoms with E-state index in [0.717, 1.165) is 49.8 Å². The molecule has 5 aromatic rings. The Morgan fingerprint density at radius 3 is 2.52 bits per heavy atom. The molecule has 3 aromatic carbocycles. The maximum Gasteiger partial charge on any atom is 0.355 e. The number of ether oxygens (including phenoxy) is 2. The smallest absolute Gasteiger partial charge is 0.355 e. The molecule has 0 aliphatic carbocycles. The van der Waals surface area contributed by atoms with Crippen LogP contribution in [0.5, 0.6) is 5.75 Å². The van der Waals surface area contributed by atoms with Crippen molar-refractivity contribution >= 4 is 39.2 Å². The summed E-state index contributed by atoms with van der Waals surface area (Å²) >= 11 is 6.77.